The van der Waals surface area contributed by atoms with Crippen LogP contribution in [0.4, 0.5) is 14.9 Å². The van der Waals surface area contributed by atoms with Crippen molar-refractivity contribution in [1.82, 2.24) is 14.7 Å². The van der Waals surface area contributed by atoms with Crippen LogP contribution in [0.15, 0.2) is 35.9 Å². The number of ether oxygens (including phenoxy) is 2. The molecule has 1 aromatic rings. The van der Waals surface area contributed by atoms with Crippen LogP contribution in [0.1, 0.15) is 65.9 Å². The summed E-state index contributed by atoms with van der Waals surface area (Å²) in [7, 11) is 2.03. The standard InChI is InChI=1S/C38H59FN4O6/c1-7-34(45)29(5)25-41-14-18-42(19-15-41)32-22-30(21-31(39)23-32)20-28(4)37-27(3)9-11-35(26(2)8-10-33(44)24-36(46)49-37)48-38(47)43-16-12-40(6)13-17-43/h9,11,20-23,26-27,29,33-35,37,44-45H,7-8,10,12-19,24-25H2,1-6H3/b11-9+,28-20+/t26-,27-,29-,33+,34-,35-,37-/m0/s1. The molecule has 1 amide bonds. The molecule has 1 aromatic carbocycles. The van der Waals surface area contributed by atoms with Crippen LogP contribution in [0.3, 0.4) is 0 Å². The van der Waals surface area contributed by atoms with Crippen molar-refractivity contribution >= 4 is 23.8 Å². The number of rotatable bonds is 8. The van der Waals surface area contributed by atoms with Gasteiger partial charge in [0.1, 0.15) is 18.0 Å². The number of anilines is 1. The number of cyclic esters (lactones) is 1. The number of halogens is 1. The van der Waals surface area contributed by atoms with E-state index in [1.54, 1.807) is 11.0 Å². The van der Waals surface area contributed by atoms with Gasteiger partial charge in [-0.05, 0) is 80.5 Å². The maximum Gasteiger partial charge on any atom is 0.410 e. The predicted octanol–water partition coefficient (Wildman–Crippen LogP) is 4.80. The van der Waals surface area contributed by atoms with Gasteiger partial charge in [0.2, 0.25) is 0 Å². The molecule has 0 spiro atoms. The number of aliphatic hydroxyl groups is 2. The van der Waals surface area contributed by atoms with Crippen LogP contribution in [0.5, 0.6) is 0 Å². The van der Waals surface area contributed by atoms with Gasteiger partial charge in [-0.3, -0.25) is 9.69 Å². The predicted molar refractivity (Wildman–Crippen MR) is 191 cm³/mol. The number of esters is 1. The number of carbonyl (C=O) groups excluding carboxylic acids is 2. The third-order valence-corrected chi connectivity index (χ3v) is 10.4. The zero-order valence-electron chi connectivity index (χ0n) is 30.4. The lowest BCUT2D eigenvalue weighted by atomic mass is 9.91. The molecule has 2 saturated heterocycles. The van der Waals surface area contributed by atoms with Crippen molar-refractivity contribution in [3.63, 3.8) is 0 Å². The molecule has 7 atom stereocenters. The van der Waals surface area contributed by atoms with Crippen LogP contribution in [0, 0.1) is 23.6 Å². The molecule has 3 heterocycles. The normalized spacial score (nSPS) is 29.0. The van der Waals surface area contributed by atoms with Crippen LogP contribution in [0.2, 0.25) is 0 Å². The first-order valence-electron chi connectivity index (χ1n) is 18.2. The maximum atomic E-state index is 15.0. The third kappa shape index (κ3) is 11.5. The van der Waals surface area contributed by atoms with Crippen molar-refractivity contribution in [2.75, 3.05) is 70.9 Å². The Labute approximate surface area is 292 Å². The van der Waals surface area contributed by atoms with E-state index in [0.717, 1.165) is 63.5 Å². The lowest BCUT2D eigenvalue weighted by Crippen LogP contribution is -2.48. The number of benzene rings is 1. The summed E-state index contributed by atoms with van der Waals surface area (Å²) in [5.74, 6) is -0.996. The highest BCUT2D eigenvalue weighted by Gasteiger charge is 2.29. The second-order valence-corrected chi connectivity index (χ2v) is 14.6. The molecule has 274 valence electrons. The zero-order valence-corrected chi connectivity index (χ0v) is 30.4. The Morgan fingerprint density at radius 3 is 2.43 bits per heavy atom. The van der Waals surface area contributed by atoms with E-state index in [-0.39, 0.29) is 42.2 Å². The van der Waals surface area contributed by atoms with Gasteiger partial charge in [-0.2, -0.15) is 0 Å². The molecule has 4 rings (SSSR count). The number of nitrogens with zero attached hydrogens (tertiary/aromatic N) is 4. The van der Waals surface area contributed by atoms with E-state index in [9.17, 15) is 19.8 Å². The first-order chi connectivity index (χ1) is 23.3. The number of piperazine rings is 2. The second-order valence-electron chi connectivity index (χ2n) is 14.6. The van der Waals surface area contributed by atoms with Gasteiger partial charge in [0.25, 0.3) is 0 Å². The van der Waals surface area contributed by atoms with Crippen molar-refractivity contribution in [2.24, 2.45) is 17.8 Å². The van der Waals surface area contributed by atoms with Crippen LogP contribution in [0.25, 0.3) is 6.08 Å². The van der Waals surface area contributed by atoms with Crippen molar-refractivity contribution in [2.45, 2.75) is 84.7 Å². The lowest BCUT2D eigenvalue weighted by molar-refractivity contribution is -0.151. The van der Waals surface area contributed by atoms with Gasteiger partial charge in [-0.1, -0.05) is 39.8 Å². The monoisotopic (exact) mass is 686 g/mol. The number of aliphatic hydroxyl groups excluding tert-OH is 2. The molecule has 3 aliphatic heterocycles. The Morgan fingerprint density at radius 1 is 1.06 bits per heavy atom. The Morgan fingerprint density at radius 2 is 1.76 bits per heavy atom. The fourth-order valence-electron chi connectivity index (χ4n) is 6.96. The van der Waals surface area contributed by atoms with Gasteiger partial charge in [0, 0.05) is 70.5 Å². The topological polar surface area (TPSA) is 106 Å². The van der Waals surface area contributed by atoms with E-state index in [2.05, 4.69) is 21.6 Å². The van der Waals surface area contributed by atoms with Crippen LogP contribution in [-0.2, 0) is 14.3 Å². The highest BCUT2D eigenvalue weighted by molar-refractivity contribution is 5.71. The SMILES string of the molecule is CC[C@H](O)[C@@H](C)CN1CCN(c2cc(F)cc(/C=C(\C)[C@H]3OC(=O)C[C@H](O)CC[C@H](C)[C@@H](OC(=O)N4CCN(C)CC4)/C=C/[C@@H]3C)c2)CC1. The van der Waals surface area contributed by atoms with Crippen molar-refractivity contribution < 1.29 is 33.7 Å². The number of carbonyl (C=O) groups is 2. The highest BCUT2D eigenvalue weighted by atomic mass is 19.1. The van der Waals surface area contributed by atoms with Gasteiger partial charge in [0.05, 0.1) is 18.6 Å². The minimum atomic E-state index is -0.876. The van der Waals surface area contributed by atoms with E-state index in [1.807, 2.05) is 59.0 Å². The van der Waals surface area contributed by atoms with E-state index in [1.165, 1.54) is 6.07 Å². The summed E-state index contributed by atoms with van der Waals surface area (Å²) in [6.45, 7) is 16.7. The fraction of sp³-hybridized carbons (Fsp3) is 0.684. The summed E-state index contributed by atoms with van der Waals surface area (Å²) in [4.78, 5) is 34.5. The van der Waals surface area contributed by atoms with Crippen LogP contribution in [-0.4, -0.2) is 127 Å². The molecule has 0 aliphatic carbocycles. The molecule has 2 N–H and O–H groups in total. The van der Waals surface area contributed by atoms with Gasteiger partial charge >= 0.3 is 12.1 Å². The summed E-state index contributed by atoms with van der Waals surface area (Å²) < 4.78 is 27.0. The number of likely N-dealkylation sites (N-methyl/N-ethyl adjacent to an activating group) is 1. The quantitative estimate of drug-likeness (QED) is 0.295. The van der Waals surface area contributed by atoms with Gasteiger partial charge in [-0.25, -0.2) is 9.18 Å². The molecule has 0 aromatic heterocycles. The summed E-state index contributed by atoms with van der Waals surface area (Å²) in [5, 5.41) is 20.9. The summed E-state index contributed by atoms with van der Waals surface area (Å²) in [6, 6.07) is 5.00. The Bertz CT molecular complexity index is 1290. The Hall–Kier alpha value is -2.99. The Balaban J connectivity index is 1.50. The molecule has 0 unspecified atom stereocenters. The van der Waals surface area contributed by atoms with Crippen LogP contribution < -0.4 is 4.90 Å². The molecular weight excluding hydrogens is 627 g/mol. The highest BCUT2D eigenvalue weighted by Crippen LogP contribution is 2.28. The minimum absolute atomic E-state index is 0.0704. The first kappa shape index (κ1) is 38.8. The molecule has 3 aliphatic rings. The third-order valence-electron chi connectivity index (χ3n) is 10.4. The molecule has 2 fully saturated rings. The average Bonchev–Trinajstić information content (AvgIpc) is 3.07. The minimum Gasteiger partial charge on any atom is -0.457 e. The van der Waals surface area contributed by atoms with E-state index < -0.39 is 24.3 Å². The largest absolute Gasteiger partial charge is 0.457 e. The van der Waals surface area contributed by atoms with Crippen molar-refractivity contribution in [3.8, 4) is 0 Å². The molecular formula is C38H59FN4O6. The van der Waals surface area contributed by atoms with E-state index in [0.29, 0.717) is 31.5 Å². The molecule has 0 radical (unpaired) electrons. The summed E-state index contributed by atoms with van der Waals surface area (Å²) in [6.07, 6.45) is 4.53. The molecule has 10 nitrogen and oxygen atoms in total. The van der Waals surface area contributed by atoms with Gasteiger partial charge in [-0.15, -0.1) is 0 Å². The smallest absolute Gasteiger partial charge is 0.410 e. The number of hydrogen-bond acceptors (Lipinski definition) is 9. The molecule has 0 saturated carbocycles. The fourth-order valence-corrected chi connectivity index (χ4v) is 6.96. The summed E-state index contributed by atoms with van der Waals surface area (Å²) >= 11 is 0. The van der Waals surface area contributed by atoms with E-state index >= 15 is 4.39 Å². The van der Waals surface area contributed by atoms with Crippen molar-refractivity contribution in [1.29, 1.82) is 0 Å². The second kappa shape index (κ2) is 18.3. The van der Waals surface area contributed by atoms with Gasteiger partial charge in [0.15, 0.2) is 0 Å². The first-order valence-corrected chi connectivity index (χ1v) is 18.2. The molecule has 11 heteroatoms. The van der Waals surface area contributed by atoms with Crippen molar-refractivity contribution in [3.05, 3.63) is 47.3 Å². The molecule has 0 bridgehead atoms. The number of hydrogen-bond donors (Lipinski definition) is 2. The lowest BCUT2D eigenvalue weighted by Gasteiger charge is -2.38. The van der Waals surface area contributed by atoms with Crippen LogP contribution >= 0.6 is 0 Å². The molecule has 49 heavy (non-hydrogen) atoms. The zero-order chi connectivity index (χ0) is 35.7. The Kier molecular flexibility index (Phi) is 14.5. The average molecular weight is 687 g/mol. The summed E-state index contributed by atoms with van der Waals surface area (Å²) in [5.41, 5.74) is 2.20. The number of amides is 1. The van der Waals surface area contributed by atoms with Gasteiger partial charge < -0.3 is 34.4 Å². The van der Waals surface area contributed by atoms with E-state index in [4.69, 9.17) is 9.47 Å². The maximum absolute atomic E-state index is 15.0.